The van der Waals surface area contributed by atoms with Crippen LogP contribution in [-0.4, -0.2) is 71.9 Å². The normalized spacial score (nSPS) is 18.1. The number of hydrogen-bond donors (Lipinski definition) is 2. The summed E-state index contributed by atoms with van der Waals surface area (Å²) in [5, 5.41) is 3.41. The van der Waals surface area contributed by atoms with Crippen molar-refractivity contribution in [1.29, 1.82) is 0 Å². The third-order valence-corrected chi connectivity index (χ3v) is 7.18. The predicted molar refractivity (Wildman–Crippen MR) is 136 cm³/mol. The summed E-state index contributed by atoms with van der Waals surface area (Å²) in [4.78, 5) is 43.8. The van der Waals surface area contributed by atoms with Crippen molar-refractivity contribution in [3.63, 3.8) is 0 Å². The van der Waals surface area contributed by atoms with Crippen molar-refractivity contribution in [2.24, 2.45) is 5.73 Å². The number of benzene rings is 2. The van der Waals surface area contributed by atoms with Gasteiger partial charge >= 0.3 is 0 Å². The number of nitrogens with zero attached hydrogens (tertiary/aromatic N) is 3. The molecule has 0 saturated carbocycles. The van der Waals surface area contributed by atoms with Crippen LogP contribution < -0.4 is 16.0 Å². The Labute approximate surface area is 211 Å². The van der Waals surface area contributed by atoms with Gasteiger partial charge in [-0.3, -0.25) is 14.4 Å². The third-order valence-electron chi connectivity index (χ3n) is 6.93. The first kappa shape index (κ1) is 25.0. The molecule has 9 heteroatoms. The molecule has 8 nitrogen and oxygen atoms in total. The number of piperidine rings is 1. The van der Waals surface area contributed by atoms with E-state index in [1.807, 2.05) is 42.5 Å². The number of nitrogens with two attached hydrogens (primary N) is 1. The smallest absolute Gasteiger partial charge is 0.250 e. The summed E-state index contributed by atoms with van der Waals surface area (Å²) in [6, 6.07) is 16.6. The van der Waals surface area contributed by atoms with E-state index in [4.69, 9.17) is 17.3 Å². The van der Waals surface area contributed by atoms with Crippen LogP contribution >= 0.6 is 11.6 Å². The fourth-order valence-electron chi connectivity index (χ4n) is 5.03. The van der Waals surface area contributed by atoms with Crippen LogP contribution in [0.3, 0.4) is 0 Å². The van der Waals surface area contributed by atoms with Gasteiger partial charge in [0.25, 0.3) is 0 Å². The van der Waals surface area contributed by atoms with Crippen LogP contribution in [0.1, 0.15) is 25.3 Å². The summed E-state index contributed by atoms with van der Waals surface area (Å²) in [5.74, 6) is -0.175. The highest BCUT2D eigenvalue weighted by Gasteiger charge is 2.54. The molecule has 2 aliphatic heterocycles. The average Bonchev–Trinajstić information content (AvgIpc) is 3.12. The van der Waals surface area contributed by atoms with E-state index >= 15 is 0 Å². The monoisotopic (exact) mass is 497 g/mol. The summed E-state index contributed by atoms with van der Waals surface area (Å²) < 4.78 is 0. The number of anilines is 1. The fraction of sp³-hybridized carbons (Fsp3) is 0.423. The van der Waals surface area contributed by atoms with Crippen LogP contribution in [0.4, 0.5) is 5.69 Å². The molecule has 0 unspecified atom stereocenters. The number of carbonyl (C=O) groups excluding carboxylic acids is 3. The van der Waals surface area contributed by atoms with Gasteiger partial charge in [0.1, 0.15) is 5.54 Å². The lowest BCUT2D eigenvalue weighted by atomic mass is 9.85. The van der Waals surface area contributed by atoms with Gasteiger partial charge in [-0.1, -0.05) is 41.9 Å². The Morgan fingerprint density at radius 2 is 1.74 bits per heavy atom. The summed E-state index contributed by atoms with van der Waals surface area (Å²) in [6.45, 7) is 3.69. The highest BCUT2D eigenvalue weighted by molar-refractivity contribution is 6.30. The lowest BCUT2D eigenvalue weighted by molar-refractivity contribution is -0.139. The molecule has 1 spiro atoms. The number of hydrogen-bond acceptors (Lipinski definition) is 5. The molecule has 35 heavy (non-hydrogen) atoms. The van der Waals surface area contributed by atoms with Gasteiger partial charge in [0.2, 0.25) is 17.7 Å². The number of halogens is 1. The van der Waals surface area contributed by atoms with Crippen molar-refractivity contribution < 1.29 is 14.4 Å². The molecule has 0 aromatic heterocycles. The van der Waals surface area contributed by atoms with Crippen molar-refractivity contribution >= 4 is 35.0 Å². The predicted octanol–water partition coefficient (Wildman–Crippen LogP) is 2.01. The highest BCUT2D eigenvalue weighted by Crippen LogP contribution is 2.39. The van der Waals surface area contributed by atoms with Crippen molar-refractivity contribution in [2.75, 3.05) is 37.7 Å². The van der Waals surface area contributed by atoms with Gasteiger partial charge in [-0.2, -0.15) is 0 Å². The van der Waals surface area contributed by atoms with Crippen LogP contribution in [0, 0.1) is 0 Å². The Morgan fingerprint density at radius 1 is 1.09 bits per heavy atom. The standard InChI is InChI=1S/C26H32ClN5O3/c1-19(33)29-13-16-31-18-32(22-5-3-2-4-6-22)26(25(31)35)11-14-30(15-12-26)24(34)23(28)17-20-7-9-21(27)10-8-20/h2-10,23H,11-18,28H2,1H3,(H,29,33)/t23-/m1/s1. The van der Waals surface area contributed by atoms with Gasteiger partial charge in [-0.25, -0.2) is 0 Å². The molecule has 2 heterocycles. The van der Waals surface area contributed by atoms with E-state index < -0.39 is 11.6 Å². The highest BCUT2D eigenvalue weighted by atomic mass is 35.5. The average molecular weight is 498 g/mol. The molecule has 3 amide bonds. The maximum atomic E-state index is 13.7. The van der Waals surface area contributed by atoms with Gasteiger partial charge in [0, 0.05) is 43.8 Å². The molecule has 2 fully saturated rings. The summed E-state index contributed by atoms with van der Waals surface area (Å²) in [6.07, 6.45) is 1.48. The molecule has 2 saturated heterocycles. The minimum absolute atomic E-state index is 0.0456. The summed E-state index contributed by atoms with van der Waals surface area (Å²) in [5.41, 5.74) is 7.48. The van der Waals surface area contributed by atoms with Crippen molar-refractivity contribution in [3.8, 4) is 0 Å². The molecule has 0 radical (unpaired) electrons. The van der Waals surface area contributed by atoms with E-state index in [2.05, 4.69) is 10.2 Å². The van der Waals surface area contributed by atoms with Crippen LogP contribution in [0.15, 0.2) is 54.6 Å². The Morgan fingerprint density at radius 3 is 2.37 bits per heavy atom. The van der Waals surface area contributed by atoms with Crippen LogP contribution in [0.5, 0.6) is 0 Å². The lowest BCUT2D eigenvalue weighted by Gasteiger charge is -2.43. The van der Waals surface area contributed by atoms with Crippen LogP contribution in [0.2, 0.25) is 5.02 Å². The first-order chi connectivity index (χ1) is 16.8. The number of amides is 3. The van der Waals surface area contributed by atoms with Crippen LogP contribution in [-0.2, 0) is 20.8 Å². The first-order valence-corrected chi connectivity index (χ1v) is 12.3. The number of likely N-dealkylation sites (tertiary alicyclic amines) is 1. The molecule has 2 aromatic carbocycles. The zero-order valence-corrected chi connectivity index (χ0v) is 20.7. The maximum absolute atomic E-state index is 13.7. The SMILES string of the molecule is CC(=O)NCCN1CN(c2ccccc2)C2(CCN(C(=O)[C@H](N)Cc3ccc(Cl)cc3)CC2)C1=O. The second-order valence-corrected chi connectivity index (χ2v) is 9.69. The molecule has 2 aliphatic rings. The zero-order chi connectivity index (χ0) is 25.0. The van der Waals surface area contributed by atoms with Crippen molar-refractivity contribution in [2.45, 2.75) is 37.8 Å². The Balaban J connectivity index is 1.45. The van der Waals surface area contributed by atoms with E-state index in [1.54, 1.807) is 21.9 Å². The van der Waals surface area contributed by atoms with Gasteiger partial charge in [-0.05, 0) is 49.1 Å². The molecular formula is C26H32ClN5O3. The number of carbonyl (C=O) groups is 3. The largest absolute Gasteiger partial charge is 0.355 e. The van der Waals surface area contributed by atoms with Crippen LogP contribution in [0.25, 0.3) is 0 Å². The fourth-order valence-corrected chi connectivity index (χ4v) is 5.16. The lowest BCUT2D eigenvalue weighted by Crippen LogP contribution is -2.59. The molecule has 0 bridgehead atoms. The molecular weight excluding hydrogens is 466 g/mol. The van der Waals surface area contributed by atoms with E-state index in [9.17, 15) is 14.4 Å². The molecule has 3 N–H and O–H groups in total. The van der Waals surface area contributed by atoms with E-state index in [1.165, 1.54) is 6.92 Å². The maximum Gasteiger partial charge on any atom is 0.250 e. The van der Waals surface area contributed by atoms with Gasteiger partial charge in [0.05, 0.1) is 12.7 Å². The van der Waals surface area contributed by atoms with Gasteiger partial charge in [0.15, 0.2) is 0 Å². The Hall–Kier alpha value is -3.10. The molecule has 2 aromatic rings. The van der Waals surface area contributed by atoms with Gasteiger partial charge in [-0.15, -0.1) is 0 Å². The first-order valence-electron chi connectivity index (χ1n) is 12.0. The second kappa shape index (κ2) is 10.7. The molecule has 186 valence electrons. The summed E-state index contributed by atoms with van der Waals surface area (Å²) >= 11 is 5.95. The minimum atomic E-state index is -0.714. The summed E-state index contributed by atoms with van der Waals surface area (Å²) in [7, 11) is 0. The van der Waals surface area contributed by atoms with Crippen molar-refractivity contribution in [1.82, 2.24) is 15.1 Å². The van der Waals surface area contributed by atoms with E-state index in [-0.39, 0.29) is 17.7 Å². The second-order valence-electron chi connectivity index (χ2n) is 9.25. The minimum Gasteiger partial charge on any atom is -0.355 e. The van der Waals surface area contributed by atoms with E-state index in [0.717, 1.165) is 11.3 Å². The molecule has 1 atom stereocenters. The number of para-hydroxylation sites is 1. The Bertz CT molecular complexity index is 1050. The zero-order valence-electron chi connectivity index (χ0n) is 20.0. The number of nitrogens with one attached hydrogen (secondary N) is 1. The third kappa shape index (κ3) is 5.44. The van der Waals surface area contributed by atoms with E-state index in [0.29, 0.717) is 57.1 Å². The van der Waals surface area contributed by atoms with Crippen molar-refractivity contribution in [3.05, 3.63) is 65.2 Å². The Kier molecular flexibility index (Phi) is 7.62. The molecule has 4 rings (SSSR count). The number of rotatable bonds is 7. The van der Waals surface area contributed by atoms with Gasteiger partial charge < -0.3 is 25.8 Å². The topological polar surface area (TPSA) is 99.0 Å². The molecule has 0 aliphatic carbocycles. The quantitative estimate of drug-likeness (QED) is 0.609.